The summed E-state index contributed by atoms with van der Waals surface area (Å²) in [5.74, 6) is -0.0324. The van der Waals surface area contributed by atoms with Crippen LogP contribution in [0.25, 0.3) is 0 Å². The van der Waals surface area contributed by atoms with Gasteiger partial charge in [0, 0.05) is 24.9 Å². The molecule has 0 saturated carbocycles. The van der Waals surface area contributed by atoms with Crippen molar-refractivity contribution in [2.24, 2.45) is 5.73 Å². The van der Waals surface area contributed by atoms with Crippen LogP contribution in [0.3, 0.4) is 0 Å². The molecule has 0 aliphatic rings. The lowest BCUT2D eigenvalue weighted by atomic mass is 10.0. The molecule has 1 heterocycles. The largest absolute Gasteiger partial charge is 0.349 e. The van der Waals surface area contributed by atoms with Crippen LogP contribution in [0.1, 0.15) is 43.0 Å². The minimum absolute atomic E-state index is 0.00322. The van der Waals surface area contributed by atoms with Gasteiger partial charge >= 0.3 is 0 Å². The topological polar surface area (TPSA) is 68.0 Å². The van der Waals surface area contributed by atoms with Crippen molar-refractivity contribution in [2.45, 2.75) is 31.8 Å². The van der Waals surface area contributed by atoms with Crippen LogP contribution < -0.4 is 11.1 Å². The number of carbonyl (C=O) groups is 1. The van der Waals surface area contributed by atoms with Gasteiger partial charge in [-0.05, 0) is 29.7 Å². The van der Waals surface area contributed by atoms with Crippen molar-refractivity contribution in [3.8, 4) is 0 Å². The van der Waals surface area contributed by atoms with Gasteiger partial charge in [-0.3, -0.25) is 9.78 Å². The average Bonchev–Trinajstić information content (AvgIpc) is 2.54. The van der Waals surface area contributed by atoms with Crippen LogP contribution in [-0.2, 0) is 4.79 Å². The highest BCUT2D eigenvalue weighted by Crippen LogP contribution is 2.17. The zero-order valence-electron chi connectivity index (χ0n) is 12.2. The highest BCUT2D eigenvalue weighted by molar-refractivity contribution is 5.77. The van der Waals surface area contributed by atoms with Gasteiger partial charge in [-0.25, -0.2) is 0 Å². The monoisotopic (exact) mass is 283 g/mol. The summed E-state index contributed by atoms with van der Waals surface area (Å²) in [6, 6.07) is 13.3. The lowest BCUT2D eigenvalue weighted by Gasteiger charge is -2.19. The Balaban J connectivity index is 1.94. The molecule has 0 fully saturated rings. The molecule has 21 heavy (non-hydrogen) atoms. The molecule has 4 nitrogen and oxygen atoms in total. The summed E-state index contributed by atoms with van der Waals surface area (Å²) in [4.78, 5) is 16.2. The van der Waals surface area contributed by atoms with E-state index >= 15 is 0 Å². The maximum Gasteiger partial charge on any atom is 0.222 e. The fourth-order valence-electron chi connectivity index (χ4n) is 2.29. The summed E-state index contributed by atoms with van der Waals surface area (Å²) < 4.78 is 0. The normalized spacial score (nSPS) is 13.4. The average molecular weight is 283 g/mol. The second-order valence-electron chi connectivity index (χ2n) is 5.03. The van der Waals surface area contributed by atoms with Gasteiger partial charge in [-0.2, -0.15) is 0 Å². The predicted molar refractivity (Wildman–Crippen MR) is 83.4 cm³/mol. The first-order chi connectivity index (χ1) is 10.2. The molecule has 2 aromatic rings. The second-order valence-corrected chi connectivity index (χ2v) is 5.03. The summed E-state index contributed by atoms with van der Waals surface area (Å²) in [6.45, 7) is 2.04. The second kappa shape index (κ2) is 7.55. The van der Waals surface area contributed by atoms with E-state index in [0.717, 1.165) is 17.5 Å². The Hall–Kier alpha value is -2.20. The maximum absolute atomic E-state index is 12.2. The van der Waals surface area contributed by atoms with Gasteiger partial charge in [0.25, 0.3) is 0 Å². The quantitative estimate of drug-likeness (QED) is 0.856. The first-order valence-corrected chi connectivity index (χ1v) is 7.20. The first-order valence-electron chi connectivity index (χ1n) is 7.20. The molecular weight excluding hydrogens is 262 g/mol. The minimum Gasteiger partial charge on any atom is -0.349 e. The summed E-state index contributed by atoms with van der Waals surface area (Å²) in [5.41, 5.74) is 8.12. The van der Waals surface area contributed by atoms with Crippen molar-refractivity contribution in [1.29, 1.82) is 0 Å². The van der Waals surface area contributed by atoms with E-state index < -0.39 is 0 Å². The van der Waals surface area contributed by atoms with Crippen molar-refractivity contribution in [2.75, 3.05) is 0 Å². The van der Waals surface area contributed by atoms with E-state index in [-0.39, 0.29) is 24.4 Å². The number of nitrogens with zero attached hydrogens (tertiary/aromatic N) is 1. The zero-order chi connectivity index (χ0) is 15.1. The van der Waals surface area contributed by atoms with Crippen molar-refractivity contribution in [3.63, 3.8) is 0 Å². The molecule has 1 aromatic carbocycles. The van der Waals surface area contributed by atoms with Crippen LogP contribution in [0.4, 0.5) is 0 Å². The molecule has 2 rings (SSSR count). The van der Waals surface area contributed by atoms with Crippen LogP contribution in [0.15, 0.2) is 54.9 Å². The molecule has 0 spiro atoms. The Morgan fingerprint density at radius 3 is 2.43 bits per heavy atom. The van der Waals surface area contributed by atoms with Gasteiger partial charge in [0.1, 0.15) is 0 Å². The smallest absolute Gasteiger partial charge is 0.222 e. The van der Waals surface area contributed by atoms with E-state index in [1.54, 1.807) is 12.4 Å². The van der Waals surface area contributed by atoms with Gasteiger partial charge < -0.3 is 11.1 Å². The molecule has 0 saturated heterocycles. The molecule has 1 aromatic heterocycles. The van der Waals surface area contributed by atoms with Gasteiger partial charge in [0.2, 0.25) is 5.91 Å². The van der Waals surface area contributed by atoms with Gasteiger partial charge in [-0.15, -0.1) is 0 Å². The number of hydrogen-bond acceptors (Lipinski definition) is 3. The number of carbonyl (C=O) groups excluding carboxylic acids is 1. The fraction of sp³-hybridized carbons (Fsp3) is 0.294. The number of pyridine rings is 1. The Kier molecular flexibility index (Phi) is 5.46. The van der Waals surface area contributed by atoms with Crippen LogP contribution >= 0.6 is 0 Å². The fourth-order valence-corrected chi connectivity index (χ4v) is 2.29. The maximum atomic E-state index is 12.2. The molecule has 2 atom stereocenters. The van der Waals surface area contributed by atoms with Crippen LogP contribution in [-0.4, -0.2) is 10.9 Å². The van der Waals surface area contributed by atoms with Gasteiger partial charge in [0.05, 0.1) is 6.04 Å². The van der Waals surface area contributed by atoms with E-state index in [2.05, 4.69) is 10.3 Å². The summed E-state index contributed by atoms with van der Waals surface area (Å²) in [5, 5.41) is 3.04. The summed E-state index contributed by atoms with van der Waals surface area (Å²) in [6.07, 6.45) is 4.58. The number of hydrogen-bond donors (Lipinski definition) is 2. The molecule has 0 radical (unpaired) electrons. The lowest BCUT2D eigenvalue weighted by Crippen LogP contribution is -2.30. The molecule has 0 bridgehead atoms. The predicted octanol–water partition coefficient (Wildman–Crippen LogP) is 2.74. The molecule has 2 unspecified atom stereocenters. The molecule has 1 amide bonds. The molecule has 3 N–H and O–H groups in total. The molecular formula is C17H21N3O. The van der Waals surface area contributed by atoms with Crippen LogP contribution in [0.2, 0.25) is 0 Å². The zero-order valence-corrected chi connectivity index (χ0v) is 12.2. The number of nitrogens with two attached hydrogens (primary N) is 1. The van der Waals surface area contributed by atoms with E-state index in [1.165, 1.54) is 0 Å². The highest BCUT2D eigenvalue weighted by atomic mass is 16.1. The van der Waals surface area contributed by atoms with E-state index in [0.29, 0.717) is 0 Å². The number of aromatic nitrogens is 1. The number of rotatable bonds is 6. The van der Waals surface area contributed by atoms with E-state index in [4.69, 9.17) is 5.73 Å². The van der Waals surface area contributed by atoms with E-state index in [9.17, 15) is 4.79 Å². The number of nitrogens with one attached hydrogen (secondary N) is 1. The Labute approximate surface area is 125 Å². The third-order valence-electron chi connectivity index (χ3n) is 3.48. The lowest BCUT2D eigenvalue weighted by molar-refractivity contribution is -0.122. The van der Waals surface area contributed by atoms with Crippen LogP contribution in [0.5, 0.6) is 0 Å². The Bertz CT molecular complexity index is 557. The standard InChI is InChI=1S/C17H21N3O/c1-2-16(14-8-10-19-11-9-14)20-17(21)12-15(18)13-6-4-3-5-7-13/h3-11,15-16H,2,12,18H2,1H3,(H,20,21). The van der Waals surface area contributed by atoms with E-state index in [1.807, 2.05) is 49.4 Å². The number of amides is 1. The van der Waals surface area contributed by atoms with Crippen molar-refractivity contribution < 1.29 is 4.79 Å². The highest BCUT2D eigenvalue weighted by Gasteiger charge is 2.16. The SMILES string of the molecule is CCC(NC(=O)CC(N)c1ccccc1)c1ccncc1. The van der Waals surface area contributed by atoms with Crippen LogP contribution in [0, 0.1) is 0 Å². The molecule has 4 heteroatoms. The molecule has 110 valence electrons. The van der Waals surface area contributed by atoms with Gasteiger partial charge in [0.15, 0.2) is 0 Å². The third kappa shape index (κ3) is 4.39. The number of benzene rings is 1. The van der Waals surface area contributed by atoms with Gasteiger partial charge in [-0.1, -0.05) is 37.3 Å². The molecule has 0 aliphatic carbocycles. The van der Waals surface area contributed by atoms with Crippen molar-refractivity contribution in [3.05, 3.63) is 66.0 Å². The van der Waals surface area contributed by atoms with Crippen molar-refractivity contribution >= 4 is 5.91 Å². The van der Waals surface area contributed by atoms with Crippen molar-refractivity contribution in [1.82, 2.24) is 10.3 Å². The Morgan fingerprint density at radius 2 is 1.81 bits per heavy atom. The summed E-state index contributed by atoms with van der Waals surface area (Å²) in [7, 11) is 0. The minimum atomic E-state index is -0.277. The Morgan fingerprint density at radius 1 is 1.14 bits per heavy atom. The first kappa shape index (κ1) is 15.2. The third-order valence-corrected chi connectivity index (χ3v) is 3.48. The summed E-state index contributed by atoms with van der Waals surface area (Å²) >= 11 is 0. The molecule has 0 aliphatic heterocycles.